The average molecular weight is 357 g/mol. The Kier molecular flexibility index (Phi) is 4.76. The maximum atomic E-state index is 13.5. The third kappa shape index (κ3) is 3.51. The van der Waals surface area contributed by atoms with Gasteiger partial charge < -0.3 is 9.64 Å². The summed E-state index contributed by atoms with van der Waals surface area (Å²) in [6.45, 7) is 5.32. The number of hydrogen-bond acceptors (Lipinski definition) is 3. The molecular weight excluding hydrogens is 333 g/mol. The fourth-order valence-electron chi connectivity index (χ4n) is 3.65. The Labute approximate surface area is 152 Å². The molecule has 1 saturated carbocycles. The largest absolute Gasteiger partial charge is 0.380 e. The molecule has 5 nitrogen and oxygen atoms in total. The van der Waals surface area contributed by atoms with Crippen LogP contribution in [0.2, 0.25) is 0 Å². The lowest BCUT2D eigenvalue weighted by Gasteiger charge is -2.33. The molecule has 1 atom stereocenters. The third-order valence-corrected chi connectivity index (χ3v) is 5.18. The summed E-state index contributed by atoms with van der Waals surface area (Å²) >= 11 is 0. The van der Waals surface area contributed by atoms with Crippen LogP contribution in [0.5, 0.6) is 0 Å². The van der Waals surface area contributed by atoms with Crippen molar-refractivity contribution in [2.45, 2.75) is 38.8 Å². The standard InChI is InChI=1S/C20H24FN3O2/c1-2-24-19-16(9-22-24)10-23(11-17(19)13-26-12-14-6-7-14)20(25)15-4-3-5-18(21)8-15/h3-5,8-9,14,17H,2,6-7,10-13H2,1H3/t17-/m1/s1. The van der Waals surface area contributed by atoms with E-state index in [2.05, 4.69) is 12.0 Å². The van der Waals surface area contributed by atoms with Gasteiger partial charge in [0.25, 0.3) is 5.91 Å². The maximum Gasteiger partial charge on any atom is 0.254 e. The molecule has 0 spiro atoms. The van der Waals surface area contributed by atoms with Crippen LogP contribution in [0.15, 0.2) is 30.5 Å². The van der Waals surface area contributed by atoms with Crippen LogP contribution in [-0.2, 0) is 17.8 Å². The van der Waals surface area contributed by atoms with Gasteiger partial charge in [-0.05, 0) is 43.9 Å². The Hall–Kier alpha value is -2.21. The monoisotopic (exact) mass is 357 g/mol. The summed E-state index contributed by atoms with van der Waals surface area (Å²) in [5.41, 5.74) is 2.61. The normalized spacial score (nSPS) is 19.5. The highest BCUT2D eigenvalue weighted by atomic mass is 19.1. The Bertz CT molecular complexity index is 800. The van der Waals surface area contributed by atoms with E-state index in [0.717, 1.165) is 18.7 Å². The molecule has 138 valence electrons. The lowest BCUT2D eigenvalue weighted by atomic mass is 9.96. The molecule has 1 fully saturated rings. The van der Waals surface area contributed by atoms with E-state index in [-0.39, 0.29) is 11.8 Å². The van der Waals surface area contributed by atoms with Crippen molar-refractivity contribution in [3.63, 3.8) is 0 Å². The molecule has 2 aromatic rings. The van der Waals surface area contributed by atoms with E-state index in [0.29, 0.717) is 31.2 Å². The van der Waals surface area contributed by atoms with Crippen LogP contribution < -0.4 is 0 Å². The van der Waals surface area contributed by atoms with Crippen LogP contribution in [0.3, 0.4) is 0 Å². The zero-order valence-electron chi connectivity index (χ0n) is 15.0. The fourth-order valence-corrected chi connectivity index (χ4v) is 3.65. The number of hydrogen-bond donors (Lipinski definition) is 0. The quantitative estimate of drug-likeness (QED) is 0.798. The molecule has 26 heavy (non-hydrogen) atoms. The van der Waals surface area contributed by atoms with E-state index < -0.39 is 5.82 Å². The molecule has 1 aliphatic carbocycles. The summed E-state index contributed by atoms with van der Waals surface area (Å²) in [4.78, 5) is 14.6. The van der Waals surface area contributed by atoms with E-state index in [4.69, 9.17) is 4.74 Å². The number of halogens is 1. The first-order valence-corrected chi connectivity index (χ1v) is 9.33. The number of aryl methyl sites for hydroxylation is 1. The third-order valence-electron chi connectivity index (χ3n) is 5.18. The Balaban J connectivity index is 1.54. The summed E-state index contributed by atoms with van der Waals surface area (Å²) in [6.07, 6.45) is 4.36. The Morgan fingerprint density at radius 2 is 2.19 bits per heavy atom. The highest BCUT2D eigenvalue weighted by Gasteiger charge is 2.32. The van der Waals surface area contributed by atoms with Gasteiger partial charge in [-0.3, -0.25) is 9.48 Å². The second-order valence-electron chi connectivity index (χ2n) is 7.24. The van der Waals surface area contributed by atoms with Crippen molar-refractivity contribution in [2.24, 2.45) is 5.92 Å². The highest BCUT2D eigenvalue weighted by molar-refractivity contribution is 5.94. The van der Waals surface area contributed by atoms with Gasteiger partial charge in [0.15, 0.2) is 0 Å². The average Bonchev–Trinajstić information content (AvgIpc) is 3.37. The molecule has 6 heteroatoms. The molecule has 1 aromatic carbocycles. The van der Waals surface area contributed by atoms with Gasteiger partial charge in [0.05, 0.1) is 18.5 Å². The number of amides is 1. The molecule has 1 aliphatic heterocycles. The highest BCUT2D eigenvalue weighted by Crippen LogP contribution is 2.32. The molecule has 0 unspecified atom stereocenters. The number of fused-ring (bicyclic) bond motifs is 1. The summed E-state index contributed by atoms with van der Waals surface area (Å²) in [7, 11) is 0. The predicted octanol–water partition coefficient (Wildman–Crippen LogP) is 3.21. The summed E-state index contributed by atoms with van der Waals surface area (Å²) < 4.78 is 21.4. The first-order chi connectivity index (χ1) is 12.7. The second kappa shape index (κ2) is 7.19. The summed E-state index contributed by atoms with van der Waals surface area (Å²) in [5.74, 6) is 0.264. The predicted molar refractivity (Wildman–Crippen MR) is 95.3 cm³/mol. The van der Waals surface area contributed by atoms with Crippen LogP contribution in [0, 0.1) is 11.7 Å². The van der Waals surface area contributed by atoms with Gasteiger partial charge in [0.2, 0.25) is 0 Å². The molecule has 2 heterocycles. The van der Waals surface area contributed by atoms with Crippen molar-refractivity contribution in [2.75, 3.05) is 19.8 Å². The minimum Gasteiger partial charge on any atom is -0.380 e. The van der Waals surface area contributed by atoms with Crippen LogP contribution in [0.1, 0.15) is 47.3 Å². The molecule has 0 radical (unpaired) electrons. The first kappa shape index (κ1) is 17.2. The number of benzene rings is 1. The van der Waals surface area contributed by atoms with Gasteiger partial charge in [-0.2, -0.15) is 5.10 Å². The van der Waals surface area contributed by atoms with E-state index in [1.54, 1.807) is 17.0 Å². The number of nitrogens with zero attached hydrogens (tertiary/aromatic N) is 3. The van der Waals surface area contributed by atoms with Crippen molar-refractivity contribution in [3.05, 3.63) is 53.1 Å². The molecule has 0 bridgehead atoms. The lowest BCUT2D eigenvalue weighted by Crippen LogP contribution is -2.40. The lowest BCUT2D eigenvalue weighted by molar-refractivity contribution is 0.0619. The molecule has 4 rings (SSSR count). The van der Waals surface area contributed by atoms with Crippen LogP contribution in [-0.4, -0.2) is 40.3 Å². The van der Waals surface area contributed by atoms with Crippen molar-refractivity contribution in [1.29, 1.82) is 0 Å². The van der Waals surface area contributed by atoms with Crippen molar-refractivity contribution in [3.8, 4) is 0 Å². The van der Waals surface area contributed by atoms with Gasteiger partial charge in [0.1, 0.15) is 5.82 Å². The minimum atomic E-state index is -0.392. The molecule has 2 aliphatic rings. The van der Waals surface area contributed by atoms with Gasteiger partial charge in [-0.15, -0.1) is 0 Å². The SMILES string of the molecule is CCn1ncc2c1[C@@H](COCC1CC1)CN(C(=O)c1cccc(F)c1)C2. The topological polar surface area (TPSA) is 47.4 Å². The maximum absolute atomic E-state index is 13.5. The molecule has 0 N–H and O–H groups in total. The number of rotatable bonds is 6. The summed E-state index contributed by atoms with van der Waals surface area (Å²) in [6, 6.07) is 5.88. The van der Waals surface area contributed by atoms with Crippen LogP contribution in [0.25, 0.3) is 0 Å². The zero-order chi connectivity index (χ0) is 18.1. The zero-order valence-corrected chi connectivity index (χ0v) is 15.0. The van der Waals surface area contributed by atoms with Crippen molar-refractivity contribution >= 4 is 5.91 Å². The second-order valence-corrected chi connectivity index (χ2v) is 7.24. The Morgan fingerprint density at radius 1 is 1.35 bits per heavy atom. The minimum absolute atomic E-state index is 0.0949. The molecular formula is C20H24FN3O2. The van der Waals surface area contributed by atoms with Crippen molar-refractivity contribution < 1.29 is 13.9 Å². The van der Waals surface area contributed by atoms with E-state index in [1.165, 1.54) is 30.7 Å². The van der Waals surface area contributed by atoms with E-state index >= 15 is 0 Å². The molecule has 1 aromatic heterocycles. The van der Waals surface area contributed by atoms with E-state index in [1.807, 2.05) is 10.9 Å². The van der Waals surface area contributed by atoms with Crippen LogP contribution in [0.4, 0.5) is 4.39 Å². The Morgan fingerprint density at radius 3 is 2.92 bits per heavy atom. The fraction of sp³-hybridized carbons (Fsp3) is 0.500. The number of ether oxygens (including phenoxy) is 1. The van der Waals surface area contributed by atoms with Gasteiger partial charge in [-0.25, -0.2) is 4.39 Å². The van der Waals surface area contributed by atoms with Gasteiger partial charge in [0, 0.05) is 43.3 Å². The molecule has 1 amide bonds. The first-order valence-electron chi connectivity index (χ1n) is 9.33. The molecule has 0 saturated heterocycles. The van der Waals surface area contributed by atoms with Gasteiger partial charge in [-0.1, -0.05) is 6.07 Å². The number of aromatic nitrogens is 2. The van der Waals surface area contributed by atoms with E-state index in [9.17, 15) is 9.18 Å². The summed E-state index contributed by atoms with van der Waals surface area (Å²) in [5, 5.41) is 4.47. The number of carbonyl (C=O) groups is 1. The van der Waals surface area contributed by atoms with Crippen molar-refractivity contribution in [1.82, 2.24) is 14.7 Å². The number of carbonyl (C=O) groups excluding carboxylic acids is 1. The smallest absolute Gasteiger partial charge is 0.254 e. The van der Waals surface area contributed by atoms with Gasteiger partial charge >= 0.3 is 0 Å². The van der Waals surface area contributed by atoms with Crippen LogP contribution >= 0.6 is 0 Å².